The lowest BCUT2D eigenvalue weighted by Gasteiger charge is -2.22. The normalized spacial score (nSPS) is 13.8. The molecule has 1 aliphatic rings. The molecule has 8 aromatic rings. The Hall–Kier alpha value is -5.08. The van der Waals surface area contributed by atoms with E-state index in [2.05, 4.69) is 140 Å². The number of para-hydroxylation sites is 4. The maximum absolute atomic E-state index is 6.42. The lowest BCUT2D eigenvalue weighted by atomic mass is 9.81. The van der Waals surface area contributed by atoms with Gasteiger partial charge in [-0.25, -0.2) is 0 Å². The highest BCUT2D eigenvalue weighted by Gasteiger charge is 2.38. The summed E-state index contributed by atoms with van der Waals surface area (Å²) in [6.45, 7) is 4.73. The van der Waals surface area contributed by atoms with Crippen LogP contribution in [-0.4, -0.2) is 4.57 Å². The number of hydrogen-bond acceptors (Lipinski definition) is 1. The van der Waals surface area contributed by atoms with Gasteiger partial charge < -0.3 is 8.98 Å². The summed E-state index contributed by atoms with van der Waals surface area (Å²) < 4.78 is 8.83. The second-order valence-electron chi connectivity index (χ2n) is 11.7. The Morgan fingerprint density at radius 1 is 0.561 bits per heavy atom. The first-order valence-electron chi connectivity index (χ1n) is 14.3. The first-order valence-corrected chi connectivity index (χ1v) is 14.3. The van der Waals surface area contributed by atoms with Crippen LogP contribution in [-0.2, 0) is 5.41 Å². The fourth-order valence-electron chi connectivity index (χ4n) is 7.28. The van der Waals surface area contributed by atoms with Crippen LogP contribution in [0.15, 0.2) is 132 Å². The van der Waals surface area contributed by atoms with E-state index in [0.29, 0.717) is 0 Å². The third-order valence-corrected chi connectivity index (χ3v) is 9.20. The van der Waals surface area contributed by atoms with Crippen LogP contribution in [0.4, 0.5) is 0 Å². The number of hydrogen-bond donors (Lipinski definition) is 0. The highest BCUT2D eigenvalue weighted by atomic mass is 16.3. The summed E-state index contributed by atoms with van der Waals surface area (Å²) in [6, 6.07) is 46.0. The maximum Gasteiger partial charge on any atom is 0.143 e. The lowest BCUT2D eigenvalue weighted by Crippen LogP contribution is -2.15. The Morgan fingerprint density at radius 3 is 2.20 bits per heavy atom. The van der Waals surface area contributed by atoms with Crippen LogP contribution >= 0.6 is 0 Å². The zero-order valence-corrected chi connectivity index (χ0v) is 23.0. The van der Waals surface area contributed by atoms with E-state index in [1.165, 1.54) is 55.3 Å². The molecule has 0 radical (unpaired) electrons. The summed E-state index contributed by atoms with van der Waals surface area (Å²) in [6.07, 6.45) is 0. The Bertz CT molecular complexity index is 2330. The number of rotatable bonds is 2. The van der Waals surface area contributed by atoms with Crippen LogP contribution in [0.5, 0.6) is 0 Å². The molecule has 0 atom stereocenters. The second-order valence-corrected chi connectivity index (χ2v) is 11.7. The molecule has 0 saturated heterocycles. The molecule has 2 nitrogen and oxygen atoms in total. The van der Waals surface area contributed by atoms with E-state index in [1.54, 1.807) is 0 Å². The van der Waals surface area contributed by atoms with Crippen molar-refractivity contribution in [3.8, 4) is 27.9 Å². The quantitative estimate of drug-likeness (QED) is 0.219. The van der Waals surface area contributed by atoms with Gasteiger partial charge in [0.1, 0.15) is 11.2 Å². The minimum Gasteiger partial charge on any atom is -0.455 e. The average Bonchev–Trinajstić information content (AvgIpc) is 3.63. The SMILES string of the molecule is CC1(C)c2cc(-c3cccc4c3oc3ccccc34)ccc2-c2c1ccc1c2c2ccccc2n1-c1ccccc1. The molecule has 2 heterocycles. The third-order valence-electron chi connectivity index (χ3n) is 9.20. The Labute approximate surface area is 238 Å². The zero-order valence-electron chi connectivity index (χ0n) is 23.0. The molecule has 2 aromatic heterocycles. The molecule has 9 rings (SSSR count). The van der Waals surface area contributed by atoms with Gasteiger partial charge in [-0.3, -0.25) is 0 Å². The molecular formula is C39H27NO. The summed E-state index contributed by atoms with van der Waals surface area (Å²) in [7, 11) is 0. The predicted octanol–water partition coefficient (Wildman–Crippen LogP) is 10.7. The summed E-state index contributed by atoms with van der Waals surface area (Å²) in [5.41, 5.74) is 13.2. The van der Waals surface area contributed by atoms with Crippen molar-refractivity contribution in [2.45, 2.75) is 19.3 Å². The van der Waals surface area contributed by atoms with E-state index in [-0.39, 0.29) is 5.41 Å². The fourth-order valence-corrected chi connectivity index (χ4v) is 7.28. The number of aromatic nitrogens is 1. The van der Waals surface area contributed by atoms with E-state index >= 15 is 0 Å². The second kappa shape index (κ2) is 7.99. The molecule has 0 N–H and O–H groups in total. The molecule has 0 saturated carbocycles. The molecule has 0 amide bonds. The molecule has 0 aliphatic heterocycles. The Kier molecular flexibility index (Phi) is 4.42. The van der Waals surface area contributed by atoms with Crippen molar-refractivity contribution in [3.05, 3.63) is 139 Å². The summed E-state index contributed by atoms with van der Waals surface area (Å²) in [5.74, 6) is 0. The summed E-state index contributed by atoms with van der Waals surface area (Å²) >= 11 is 0. The van der Waals surface area contributed by atoms with Gasteiger partial charge in [-0.1, -0.05) is 105 Å². The number of furan rings is 1. The van der Waals surface area contributed by atoms with Crippen molar-refractivity contribution in [2.24, 2.45) is 0 Å². The number of fused-ring (bicyclic) bond motifs is 10. The van der Waals surface area contributed by atoms with E-state index in [4.69, 9.17) is 4.42 Å². The van der Waals surface area contributed by atoms with Gasteiger partial charge in [0.15, 0.2) is 0 Å². The maximum atomic E-state index is 6.42. The van der Waals surface area contributed by atoms with Crippen LogP contribution in [0.25, 0.3) is 71.7 Å². The number of nitrogens with zero attached hydrogens (tertiary/aromatic N) is 1. The van der Waals surface area contributed by atoms with Crippen LogP contribution in [0.2, 0.25) is 0 Å². The van der Waals surface area contributed by atoms with Gasteiger partial charge in [-0.15, -0.1) is 0 Å². The molecule has 0 fully saturated rings. The Morgan fingerprint density at radius 2 is 1.32 bits per heavy atom. The minimum absolute atomic E-state index is 0.132. The van der Waals surface area contributed by atoms with Crippen LogP contribution in [0.1, 0.15) is 25.0 Å². The van der Waals surface area contributed by atoms with Crippen molar-refractivity contribution in [3.63, 3.8) is 0 Å². The van der Waals surface area contributed by atoms with Gasteiger partial charge >= 0.3 is 0 Å². The summed E-state index contributed by atoms with van der Waals surface area (Å²) in [4.78, 5) is 0. The van der Waals surface area contributed by atoms with Gasteiger partial charge in [0.2, 0.25) is 0 Å². The first kappa shape index (κ1) is 22.7. The average molecular weight is 526 g/mol. The molecule has 194 valence electrons. The van der Waals surface area contributed by atoms with E-state index in [0.717, 1.165) is 27.5 Å². The molecule has 0 bridgehead atoms. The van der Waals surface area contributed by atoms with Crippen LogP contribution in [0.3, 0.4) is 0 Å². The van der Waals surface area contributed by atoms with Gasteiger partial charge in [0, 0.05) is 38.2 Å². The monoisotopic (exact) mass is 525 g/mol. The van der Waals surface area contributed by atoms with E-state index < -0.39 is 0 Å². The Balaban J connectivity index is 1.32. The lowest BCUT2D eigenvalue weighted by molar-refractivity contribution is 0.660. The largest absolute Gasteiger partial charge is 0.455 e. The van der Waals surface area contributed by atoms with Gasteiger partial charge in [-0.05, 0) is 64.2 Å². The molecule has 1 aliphatic carbocycles. The third kappa shape index (κ3) is 2.97. The zero-order chi connectivity index (χ0) is 27.3. The van der Waals surface area contributed by atoms with Crippen LogP contribution < -0.4 is 0 Å². The molecule has 0 spiro atoms. The molecule has 2 heteroatoms. The van der Waals surface area contributed by atoms with E-state index in [1.807, 2.05) is 6.07 Å². The van der Waals surface area contributed by atoms with Crippen molar-refractivity contribution in [1.29, 1.82) is 0 Å². The smallest absolute Gasteiger partial charge is 0.143 e. The molecule has 41 heavy (non-hydrogen) atoms. The predicted molar refractivity (Wildman–Crippen MR) is 171 cm³/mol. The topological polar surface area (TPSA) is 18.1 Å². The van der Waals surface area contributed by atoms with Crippen molar-refractivity contribution in [2.75, 3.05) is 0 Å². The first-order chi connectivity index (χ1) is 20.1. The van der Waals surface area contributed by atoms with Gasteiger partial charge in [0.05, 0.1) is 11.0 Å². The minimum atomic E-state index is -0.132. The van der Waals surface area contributed by atoms with Crippen molar-refractivity contribution >= 4 is 43.7 Å². The fraction of sp³-hybridized carbons (Fsp3) is 0.0769. The van der Waals surface area contributed by atoms with Gasteiger partial charge in [-0.2, -0.15) is 0 Å². The highest BCUT2D eigenvalue weighted by molar-refractivity contribution is 6.18. The summed E-state index contributed by atoms with van der Waals surface area (Å²) in [5, 5.41) is 4.95. The molecule has 6 aromatic carbocycles. The van der Waals surface area contributed by atoms with Gasteiger partial charge in [0.25, 0.3) is 0 Å². The standard InChI is InChI=1S/C39H27NO/c1-39(2)31-21-22-34-37(30-14-6-8-17-33(30)40(34)25-11-4-3-5-12-25)36(31)29-20-19-24(23-32(29)39)26-15-10-16-28-27-13-7-9-18-35(27)41-38(26)28/h3-23H,1-2H3. The molecular weight excluding hydrogens is 498 g/mol. The highest BCUT2D eigenvalue weighted by Crippen LogP contribution is 2.54. The number of benzene rings is 6. The van der Waals surface area contributed by atoms with Crippen LogP contribution in [0, 0.1) is 0 Å². The van der Waals surface area contributed by atoms with E-state index in [9.17, 15) is 0 Å². The van der Waals surface area contributed by atoms with Crippen molar-refractivity contribution < 1.29 is 4.42 Å². The van der Waals surface area contributed by atoms with Crippen molar-refractivity contribution in [1.82, 2.24) is 4.57 Å². The molecule has 0 unspecified atom stereocenters.